The highest BCUT2D eigenvalue weighted by Crippen LogP contribution is 2.22. The molecule has 0 spiro atoms. The lowest BCUT2D eigenvalue weighted by atomic mass is 10.2. The smallest absolute Gasteiger partial charge is 0.240 e. The highest BCUT2D eigenvalue weighted by molar-refractivity contribution is 14.0. The summed E-state index contributed by atoms with van der Waals surface area (Å²) in [5.74, 6) is 1.46. The molecule has 1 saturated carbocycles. The van der Waals surface area contributed by atoms with Gasteiger partial charge >= 0.3 is 0 Å². The van der Waals surface area contributed by atoms with Crippen LogP contribution in [0.1, 0.15) is 31.2 Å². The van der Waals surface area contributed by atoms with E-state index in [1.54, 1.807) is 28.9 Å². The van der Waals surface area contributed by atoms with E-state index in [-0.39, 0.29) is 34.9 Å². The second-order valence-corrected chi connectivity index (χ2v) is 8.10. The molecule has 0 amide bonds. The summed E-state index contributed by atoms with van der Waals surface area (Å²) in [7, 11) is -1.58. The molecule has 154 valence electrons. The molecule has 0 saturated heterocycles. The molecule has 1 heterocycles. The topological polar surface area (TPSA) is 113 Å². The molecule has 3 N–H and O–H groups in total. The van der Waals surface area contributed by atoms with Crippen LogP contribution in [-0.4, -0.2) is 41.7 Å². The zero-order valence-electron chi connectivity index (χ0n) is 15.9. The van der Waals surface area contributed by atoms with E-state index in [2.05, 4.69) is 30.4 Å². The van der Waals surface area contributed by atoms with Gasteiger partial charge < -0.3 is 10.6 Å². The molecule has 9 nitrogen and oxygen atoms in total. The number of halogens is 1. The number of nitrogens with zero attached hydrogens (tertiary/aromatic N) is 4. The van der Waals surface area contributed by atoms with Gasteiger partial charge in [-0.25, -0.2) is 23.1 Å². The van der Waals surface area contributed by atoms with E-state index < -0.39 is 10.0 Å². The number of aryl methyl sites for hydroxylation is 1. The van der Waals surface area contributed by atoms with E-state index in [0.717, 1.165) is 30.8 Å². The van der Waals surface area contributed by atoms with Crippen molar-refractivity contribution in [1.82, 2.24) is 30.1 Å². The Kier molecular flexibility index (Phi) is 8.19. The van der Waals surface area contributed by atoms with Crippen molar-refractivity contribution in [2.75, 3.05) is 6.54 Å². The fourth-order valence-electron chi connectivity index (χ4n) is 2.42. The van der Waals surface area contributed by atoms with E-state index in [1.807, 2.05) is 14.0 Å². The van der Waals surface area contributed by atoms with Gasteiger partial charge in [0.05, 0.1) is 18.0 Å². The van der Waals surface area contributed by atoms with Gasteiger partial charge in [-0.3, -0.25) is 4.68 Å². The molecule has 0 unspecified atom stereocenters. The van der Waals surface area contributed by atoms with E-state index in [0.29, 0.717) is 19.0 Å². The standard InChI is InChI=1S/C17H25N7O2S.HI/c1-3-18-17(20-11-16-21-12-22-24(16)2)19-10-13-4-8-15(9-5-13)27(25,26)23-14-6-7-14;/h4-5,8-9,12,14,23H,3,6-7,10-11H2,1-2H3,(H2,18,19,20);1H. The van der Waals surface area contributed by atoms with Crippen LogP contribution in [0.5, 0.6) is 0 Å². The maximum absolute atomic E-state index is 12.2. The first kappa shape index (κ1) is 22.6. The third kappa shape index (κ3) is 6.41. The summed E-state index contributed by atoms with van der Waals surface area (Å²) in [6.07, 6.45) is 3.34. The number of aliphatic imine (C=N–C) groups is 1. The lowest BCUT2D eigenvalue weighted by molar-refractivity contribution is 0.581. The summed E-state index contributed by atoms with van der Waals surface area (Å²) in [6.45, 7) is 3.66. The molecular weight excluding hydrogens is 493 g/mol. The predicted molar refractivity (Wildman–Crippen MR) is 118 cm³/mol. The van der Waals surface area contributed by atoms with Crippen LogP contribution in [0, 0.1) is 0 Å². The molecule has 0 aliphatic heterocycles. The quantitative estimate of drug-likeness (QED) is 0.274. The van der Waals surface area contributed by atoms with Gasteiger partial charge in [0.1, 0.15) is 12.2 Å². The monoisotopic (exact) mass is 519 g/mol. The van der Waals surface area contributed by atoms with Crippen LogP contribution < -0.4 is 15.4 Å². The Morgan fingerprint density at radius 2 is 1.96 bits per heavy atom. The summed E-state index contributed by atoms with van der Waals surface area (Å²) in [5, 5.41) is 10.4. The Hall–Kier alpha value is -1.73. The molecule has 0 bridgehead atoms. The Morgan fingerprint density at radius 3 is 2.54 bits per heavy atom. The minimum absolute atomic E-state index is 0. The highest BCUT2D eigenvalue weighted by atomic mass is 127. The second kappa shape index (κ2) is 10.2. The summed E-state index contributed by atoms with van der Waals surface area (Å²) in [5.41, 5.74) is 0.927. The molecule has 28 heavy (non-hydrogen) atoms. The van der Waals surface area contributed by atoms with Gasteiger partial charge in [-0.2, -0.15) is 5.10 Å². The first-order valence-electron chi connectivity index (χ1n) is 8.94. The first-order chi connectivity index (χ1) is 13.0. The average molecular weight is 519 g/mol. The minimum atomic E-state index is -3.42. The fraction of sp³-hybridized carbons (Fsp3) is 0.471. The number of hydrogen-bond acceptors (Lipinski definition) is 5. The van der Waals surface area contributed by atoms with Crippen LogP contribution >= 0.6 is 24.0 Å². The number of guanidine groups is 1. The number of aromatic nitrogens is 3. The van der Waals surface area contributed by atoms with E-state index in [9.17, 15) is 8.42 Å². The SMILES string of the molecule is CCNC(=NCc1ccc(S(=O)(=O)NC2CC2)cc1)NCc1ncnn1C.I. The van der Waals surface area contributed by atoms with Gasteiger partial charge in [0.25, 0.3) is 0 Å². The van der Waals surface area contributed by atoms with Gasteiger partial charge in [-0.1, -0.05) is 12.1 Å². The Labute approximate surface area is 182 Å². The summed E-state index contributed by atoms with van der Waals surface area (Å²) < 4.78 is 28.8. The molecule has 3 rings (SSSR count). The number of sulfonamides is 1. The van der Waals surface area contributed by atoms with Crippen molar-refractivity contribution < 1.29 is 8.42 Å². The zero-order chi connectivity index (χ0) is 19.3. The lowest BCUT2D eigenvalue weighted by Crippen LogP contribution is -2.37. The molecule has 1 aromatic carbocycles. The Morgan fingerprint density at radius 1 is 1.25 bits per heavy atom. The van der Waals surface area contributed by atoms with Crippen molar-refractivity contribution in [3.63, 3.8) is 0 Å². The number of nitrogens with one attached hydrogen (secondary N) is 3. The van der Waals surface area contributed by atoms with Crippen LogP contribution in [0.25, 0.3) is 0 Å². The van der Waals surface area contributed by atoms with Crippen molar-refractivity contribution in [3.8, 4) is 0 Å². The largest absolute Gasteiger partial charge is 0.357 e. The number of benzene rings is 1. The van der Waals surface area contributed by atoms with Crippen molar-refractivity contribution in [2.24, 2.45) is 12.0 Å². The van der Waals surface area contributed by atoms with Crippen LogP contribution in [-0.2, 0) is 30.2 Å². The van der Waals surface area contributed by atoms with Crippen molar-refractivity contribution in [2.45, 2.75) is 43.8 Å². The van der Waals surface area contributed by atoms with Crippen molar-refractivity contribution >= 4 is 40.0 Å². The van der Waals surface area contributed by atoms with Gasteiger partial charge in [0.15, 0.2) is 5.96 Å². The molecule has 1 aliphatic carbocycles. The zero-order valence-corrected chi connectivity index (χ0v) is 19.1. The summed E-state index contributed by atoms with van der Waals surface area (Å²) in [4.78, 5) is 8.99. The molecule has 1 aliphatic rings. The Bertz CT molecular complexity index is 892. The molecule has 11 heteroatoms. The number of hydrogen-bond donors (Lipinski definition) is 3. The van der Waals surface area contributed by atoms with Crippen LogP contribution in [0.2, 0.25) is 0 Å². The first-order valence-corrected chi connectivity index (χ1v) is 10.4. The maximum Gasteiger partial charge on any atom is 0.240 e. The van der Waals surface area contributed by atoms with Gasteiger partial charge in [0, 0.05) is 19.6 Å². The molecule has 1 fully saturated rings. The Balaban J connectivity index is 0.00000280. The summed E-state index contributed by atoms with van der Waals surface area (Å²) in [6, 6.07) is 6.92. The van der Waals surface area contributed by atoms with Gasteiger partial charge in [0.2, 0.25) is 10.0 Å². The van der Waals surface area contributed by atoms with Gasteiger partial charge in [-0.15, -0.1) is 24.0 Å². The molecule has 0 atom stereocenters. The van der Waals surface area contributed by atoms with Crippen LogP contribution in [0.4, 0.5) is 0 Å². The third-order valence-electron chi connectivity index (χ3n) is 4.12. The minimum Gasteiger partial charge on any atom is -0.357 e. The molecule has 1 aromatic heterocycles. The van der Waals surface area contributed by atoms with Crippen molar-refractivity contribution in [1.29, 1.82) is 0 Å². The normalized spacial score (nSPS) is 14.4. The van der Waals surface area contributed by atoms with Crippen LogP contribution in [0.15, 0.2) is 40.5 Å². The number of rotatable bonds is 8. The van der Waals surface area contributed by atoms with Crippen LogP contribution in [0.3, 0.4) is 0 Å². The maximum atomic E-state index is 12.2. The van der Waals surface area contributed by atoms with E-state index in [1.165, 1.54) is 6.33 Å². The predicted octanol–water partition coefficient (Wildman–Crippen LogP) is 1.13. The summed E-state index contributed by atoms with van der Waals surface area (Å²) >= 11 is 0. The third-order valence-corrected chi connectivity index (χ3v) is 5.65. The van der Waals surface area contributed by atoms with E-state index in [4.69, 9.17) is 0 Å². The molecule has 0 radical (unpaired) electrons. The fourth-order valence-corrected chi connectivity index (χ4v) is 3.72. The molecular formula is C17H26IN7O2S. The lowest BCUT2D eigenvalue weighted by Gasteiger charge is -2.11. The average Bonchev–Trinajstić information content (AvgIpc) is 3.36. The van der Waals surface area contributed by atoms with E-state index >= 15 is 0 Å². The van der Waals surface area contributed by atoms with Gasteiger partial charge in [-0.05, 0) is 37.5 Å². The van der Waals surface area contributed by atoms with Crippen molar-refractivity contribution in [3.05, 3.63) is 42.0 Å². The second-order valence-electron chi connectivity index (χ2n) is 6.39. The molecule has 2 aromatic rings. The highest BCUT2D eigenvalue weighted by Gasteiger charge is 2.27.